The molecule has 0 saturated carbocycles. The van der Waals surface area contributed by atoms with Gasteiger partial charge in [-0.2, -0.15) is 0 Å². The van der Waals surface area contributed by atoms with Crippen molar-refractivity contribution < 1.29 is 38.2 Å². The predicted octanol–water partition coefficient (Wildman–Crippen LogP) is 1.35. The molecule has 0 bridgehead atoms. The highest BCUT2D eigenvalue weighted by molar-refractivity contribution is 5.88. The van der Waals surface area contributed by atoms with Gasteiger partial charge in [-0.15, -0.1) is 0 Å². The Morgan fingerprint density at radius 3 is 1.30 bits per heavy atom. The molecule has 2 unspecified atom stereocenters. The van der Waals surface area contributed by atoms with Gasteiger partial charge in [-0.3, -0.25) is 19.2 Å². The molecule has 226 valence electrons. The topological polar surface area (TPSA) is 134 Å². The molecule has 0 aromatic rings. The van der Waals surface area contributed by atoms with E-state index in [0.717, 1.165) is 0 Å². The molecular formula is C28H46N4O8. The number of carbonyl (C=O) groups excluding carboxylic acids is 6. The largest absolute Gasteiger partial charge is 0.454 e. The third kappa shape index (κ3) is 9.19. The standard InChI is InChI=1S/C28H46N4O8/c1-5-29(6-2)25(35)19-39-27(37)21-13-11-17-31(21)23(33)15-9-10-16-24(34)32-18-12-14-22(32)28(38)40-20-26(36)30(7-3)8-4/h21-22H,5-20H2,1-4H3. The maximum atomic E-state index is 12.8. The Balaban J connectivity index is 1.75. The van der Waals surface area contributed by atoms with E-state index in [1.165, 1.54) is 9.80 Å². The summed E-state index contributed by atoms with van der Waals surface area (Å²) in [6.45, 7) is 9.77. The monoisotopic (exact) mass is 566 g/mol. The van der Waals surface area contributed by atoms with Crippen molar-refractivity contribution >= 4 is 35.6 Å². The Hall–Kier alpha value is -3.18. The Labute approximate surface area is 237 Å². The Morgan fingerprint density at radius 1 is 0.625 bits per heavy atom. The summed E-state index contributed by atoms with van der Waals surface area (Å²) in [5.41, 5.74) is 0. The molecule has 0 radical (unpaired) electrons. The highest BCUT2D eigenvalue weighted by Gasteiger charge is 2.37. The van der Waals surface area contributed by atoms with Crippen LogP contribution in [0.15, 0.2) is 0 Å². The SMILES string of the molecule is CCN(CC)C(=O)COC(=O)C1CCCN1C(=O)CCCCC(=O)N1CCCC1C(=O)OCC(=O)N(CC)CC. The second kappa shape index (κ2) is 16.8. The zero-order valence-corrected chi connectivity index (χ0v) is 24.5. The molecule has 0 aliphatic carbocycles. The average molecular weight is 567 g/mol. The second-order valence-corrected chi connectivity index (χ2v) is 10.0. The number of amides is 4. The minimum atomic E-state index is -0.691. The highest BCUT2D eigenvalue weighted by atomic mass is 16.5. The minimum Gasteiger partial charge on any atom is -0.454 e. The molecule has 0 spiro atoms. The first kappa shape index (κ1) is 33.0. The summed E-state index contributed by atoms with van der Waals surface area (Å²) in [6, 6.07) is -1.38. The first-order valence-electron chi connectivity index (χ1n) is 14.7. The lowest BCUT2D eigenvalue weighted by Gasteiger charge is -2.25. The van der Waals surface area contributed by atoms with Crippen molar-refractivity contribution in [1.29, 1.82) is 0 Å². The zero-order chi connectivity index (χ0) is 29.7. The minimum absolute atomic E-state index is 0.178. The molecule has 12 heteroatoms. The lowest BCUT2D eigenvalue weighted by molar-refractivity contribution is -0.158. The molecular weight excluding hydrogens is 520 g/mol. The summed E-state index contributed by atoms with van der Waals surface area (Å²) >= 11 is 0. The van der Waals surface area contributed by atoms with Crippen molar-refractivity contribution in [3.63, 3.8) is 0 Å². The number of hydrogen-bond acceptors (Lipinski definition) is 8. The molecule has 40 heavy (non-hydrogen) atoms. The third-order valence-corrected chi connectivity index (χ3v) is 7.63. The smallest absolute Gasteiger partial charge is 0.329 e. The summed E-state index contributed by atoms with van der Waals surface area (Å²) in [5.74, 6) is -2.01. The van der Waals surface area contributed by atoms with Gasteiger partial charge in [0.25, 0.3) is 11.8 Å². The fourth-order valence-electron chi connectivity index (χ4n) is 5.25. The van der Waals surface area contributed by atoms with Crippen molar-refractivity contribution in [3.05, 3.63) is 0 Å². The summed E-state index contributed by atoms with van der Waals surface area (Å²) in [7, 11) is 0. The van der Waals surface area contributed by atoms with Gasteiger partial charge in [0.1, 0.15) is 12.1 Å². The molecule has 2 saturated heterocycles. The van der Waals surface area contributed by atoms with Crippen LogP contribution in [-0.2, 0) is 38.2 Å². The molecule has 4 amide bonds. The van der Waals surface area contributed by atoms with Gasteiger partial charge >= 0.3 is 11.9 Å². The van der Waals surface area contributed by atoms with E-state index >= 15 is 0 Å². The number of hydrogen-bond donors (Lipinski definition) is 0. The van der Waals surface area contributed by atoms with Crippen LogP contribution in [0.25, 0.3) is 0 Å². The zero-order valence-electron chi connectivity index (χ0n) is 24.5. The van der Waals surface area contributed by atoms with Crippen LogP contribution in [0.3, 0.4) is 0 Å². The Kier molecular flexibility index (Phi) is 13.9. The average Bonchev–Trinajstić information content (AvgIpc) is 3.64. The van der Waals surface area contributed by atoms with Gasteiger partial charge in [-0.25, -0.2) is 9.59 Å². The van der Waals surface area contributed by atoms with Crippen molar-refractivity contribution in [2.24, 2.45) is 0 Å². The number of carbonyl (C=O) groups is 6. The van der Waals surface area contributed by atoms with Gasteiger partial charge in [0.15, 0.2) is 13.2 Å². The fourth-order valence-corrected chi connectivity index (χ4v) is 5.25. The molecule has 2 fully saturated rings. The van der Waals surface area contributed by atoms with E-state index in [1.807, 2.05) is 27.7 Å². The van der Waals surface area contributed by atoms with E-state index in [0.29, 0.717) is 77.8 Å². The van der Waals surface area contributed by atoms with Gasteiger partial charge in [0, 0.05) is 52.1 Å². The quantitative estimate of drug-likeness (QED) is 0.214. The number of ether oxygens (including phenoxy) is 2. The first-order valence-corrected chi connectivity index (χ1v) is 14.7. The maximum Gasteiger partial charge on any atom is 0.329 e. The molecule has 0 N–H and O–H groups in total. The molecule has 2 aliphatic rings. The lowest BCUT2D eigenvalue weighted by atomic mass is 10.1. The van der Waals surface area contributed by atoms with Crippen LogP contribution in [0, 0.1) is 0 Å². The fraction of sp³-hybridized carbons (Fsp3) is 0.786. The van der Waals surface area contributed by atoms with Crippen molar-refractivity contribution in [1.82, 2.24) is 19.6 Å². The first-order chi connectivity index (χ1) is 19.2. The van der Waals surface area contributed by atoms with Gasteiger partial charge in [-0.1, -0.05) is 0 Å². The molecule has 12 nitrogen and oxygen atoms in total. The van der Waals surface area contributed by atoms with Crippen LogP contribution in [-0.4, -0.2) is 120 Å². The van der Waals surface area contributed by atoms with E-state index in [2.05, 4.69) is 0 Å². The second-order valence-electron chi connectivity index (χ2n) is 10.0. The van der Waals surface area contributed by atoms with Gasteiger partial charge in [-0.05, 0) is 66.2 Å². The summed E-state index contributed by atoms with van der Waals surface area (Å²) in [6.07, 6.45) is 3.66. The van der Waals surface area contributed by atoms with Crippen molar-refractivity contribution in [2.45, 2.75) is 91.1 Å². The van der Waals surface area contributed by atoms with E-state index in [9.17, 15) is 28.8 Å². The van der Waals surface area contributed by atoms with E-state index in [-0.39, 0.29) is 49.7 Å². The van der Waals surface area contributed by atoms with Gasteiger partial charge < -0.3 is 29.1 Å². The van der Waals surface area contributed by atoms with Crippen LogP contribution in [0.4, 0.5) is 0 Å². The Morgan fingerprint density at radius 2 is 0.975 bits per heavy atom. The number of rotatable bonds is 15. The summed E-state index contributed by atoms with van der Waals surface area (Å²) < 4.78 is 10.4. The predicted molar refractivity (Wildman–Crippen MR) is 146 cm³/mol. The van der Waals surface area contributed by atoms with Crippen molar-refractivity contribution in [3.8, 4) is 0 Å². The normalized spacial score (nSPS) is 18.4. The van der Waals surface area contributed by atoms with Crippen LogP contribution in [0.1, 0.15) is 79.1 Å². The summed E-state index contributed by atoms with van der Waals surface area (Å²) in [5, 5.41) is 0. The van der Waals surface area contributed by atoms with E-state index < -0.39 is 24.0 Å². The molecule has 2 aliphatic heterocycles. The summed E-state index contributed by atoms with van der Waals surface area (Å²) in [4.78, 5) is 81.2. The van der Waals surface area contributed by atoms with E-state index in [4.69, 9.17) is 9.47 Å². The molecule has 2 rings (SSSR count). The molecule has 0 aromatic carbocycles. The van der Waals surface area contributed by atoms with Crippen LogP contribution in [0.5, 0.6) is 0 Å². The van der Waals surface area contributed by atoms with Crippen molar-refractivity contribution in [2.75, 3.05) is 52.5 Å². The van der Waals surface area contributed by atoms with Gasteiger partial charge in [0.05, 0.1) is 0 Å². The number of likely N-dealkylation sites (N-methyl/N-ethyl adjacent to an activating group) is 2. The Bertz CT molecular complexity index is 831. The van der Waals surface area contributed by atoms with Crippen LogP contribution < -0.4 is 0 Å². The van der Waals surface area contributed by atoms with Crippen LogP contribution >= 0.6 is 0 Å². The molecule has 0 aromatic heterocycles. The molecule has 2 heterocycles. The molecule has 2 atom stereocenters. The van der Waals surface area contributed by atoms with E-state index in [1.54, 1.807) is 9.80 Å². The maximum absolute atomic E-state index is 12.8. The third-order valence-electron chi connectivity index (χ3n) is 7.63. The number of unbranched alkanes of at least 4 members (excludes halogenated alkanes) is 1. The number of esters is 2. The number of likely N-dealkylation sites (tertiary alicyclic amines) is 2. The lowest BCUT2D eigenvalue weighted by Crippen LogP contribution is -2.43. The number of nitrogens with zero attached hydrogens (tertiary/aromatic N) is 4. The highest BCUT2D eigenvalue weighted by Crippen LogP contribution is 2.22. The van der Waals surface area contributed by atoms with Crippen LogP contribution in [0.2, 0.25) is 0 Å². The van der Waals surface area contributed by atoms with Gasteiger partial charge in [0.2, 0.25) is 11.8 Å².